The van der Waals surface area contributed by atoms with E-state index < -0.39 is 5.97 Å². The van der Waals surface area contributed by atoms with Crippen molar-refractivity contribution in [3.8, 4) is 0 Å². The number of amides is 1. The van der Waals surface area contributed by atoms with Crippen molar-refractivity contribution in [3.05, 3.63) is 29.6 Å². The number of ether oxygens (including phenoxy) is 1. The number of aryl methyl sites for hydroxylation is 1. The van der Waals surface area contributed by atoms with Crippen molar-refractivity contribution in [1.82, 2.24) is 4.98 Å². The Hall–Kier alpha value is -2.04. The molecule has 1 saturated carbocycles. The van der Waals surface area contributed by atoms with E-state index in [2.05, 4.69) is 22.5 Å². The summed E-state index contributed by atoms with van der Waals surface area (Å²) in [5, 5.41) is 2.89. The van der Waals surface area contributed by atoms with Gasteiger partial charge in [0, 0.05) is 17.8 Å². The van der Waals surface area contributed by atoms with E-state index in [9.17, 15) is 9.59 Å². The summed E-state index contributed by atoms with van der Waals surface area (Å²) in [6, 6.07) is 0. The van der Waals surface area contributed by atoms with Crippen LogP contribution >= 0.6 is 0 Å². The van der Waals surface area contributed by atoms with Crippen molar-refractivity contribution in [2.75, 3.05) is 11.9 Å². The Bertz CT molecular complexity index is 603. The molecule has 112 valence electrons. The van der Waals surface area contributed by atoms with Gasteiger partial charge in [0.15, 0.2) is 0 Å². The van der Waals surface area contributed by atoms with Gasteiger partial charge in [-0.3, -0.25) is 4.79 Å². The lowest BCUT2D eigenvalue weighted by atomic mass is 9.93. The summed E-state index contributed by atoms with van der Waals surface area (Å²) < 4.78 is 5.04. The van der Waals surface area contributed by atoms with Crippen molar-refractivity contribution in [2.24, 2.45) is 17.8 Å². The zero-order chi connectivity index (χ0) is 15.0. The van der Waals surface area contributed by atoms with E-state index in [-0.39, 0.29) is 11.8 Å². The molecule has 3 atom stereocenters. The van der Waals surface area contributed by atoms with Crippen molar-refractivity contribution in [1.29, 1.82) is 0 Å². The summed E-state index contributed by atoms with van der Waals surface area (Å²) in [6.07, 6.45) is 7.99. The van der Waals surface area contributed by atoms with Gasteiger partial charge in [0.2, 0.25) is 5.91 Å². The fourth-order valence-corrected chi connectivity index (χ4v) is 3.40. The van der Waals surface area contributed by atoms with Gasteiger partial charge in [-0.25, -0.2) is 4.79 Å². The van der Waals surface area contributed by atoms with Gasteiger partial charge in [-0.1, -0.05) is 12.2 Å². The molecule has 3 rings (SSSR count). The number of esters is 1. The molecular weight excluding hydrogens is 268 g/mol. The Morgan fingerprint density at radius 3 is 2.81 bits per heavy atom. The third-order valence-corrected chi connectivity index (χ3v) is 4.43. The number of allylic oxidation sites excluding steroid dienone is 2. The fraction of sp³-hybridized carbons (Fsp3) is 0.500. The molecule has 2 bridgehead atoms. The quantitative estimate of drug-likeness (QED) is 0.661. The highest BCUT2D eigenvalue weighted by Crippen LogP contribution is 2.43. The molecule has 2 aliphatic carbocycles. The molecule has 1 fully saturated rings. The van der Waals surface area contributed by atoms with Crippen LogP contribution in [-0.4, -0.2) is 23.5 Å². The van der Waals surface area contributed by atoms with E-state index in [1.807, 2.05) is 0 Å². The molecule has 5 nitrogen and oxygen atoms in total. The van der Waals surface area contributed by atoms with Crippen molar-refractivity contribution < 1.29 is 14.3 Å². The van der Waals surface area contributed by atoms with Crippen LogP contribution in [0.5, 0.6) is 0 Å². The highest BCUT2D eigenvalue weighted by atomic mass is 16.5. The number of rotatable bonds is 4. The molecule has 2 N–H and O–H groups in total. The van der Waals surface area contributed by atoms with Crippen LogP contribution in [0.4, 0.5) is 5.69 Å². The number of aromatic nitrogens is 1. The summed E-state index contributed by atoms with van der Waals surface area (Å²) in [4.78, 5) is 27.4. The highest BCUT2D eigenvalue weighted by molar-refractivity contribution is 6.03. The number of aromatic amines is 1. The molecule has 1 aromatic heterocycles. The third kappa shape index (κ3) is 2.48. The van der Waals surface area contributed by atoms with Crippen LogP contribution in [0.15, 0.2) is 18.3 Å². The lowest BCUT2D eigenvalue weighted by molar-refractivity contribution is -0.120. The molecule has 3 unspecified atom stereocenters. The van der Waals surface area contributed by atoms with E-state index in [4.69, 9.17) is 4.74 Å². The number of carbonyl (C=O) groups is 2. The van der Waals surface area contributed by atoms with E-state index in [1.54, 1.807) is 20.0 Å². The number of hydrogen-bond donors (Lipinski definition) is 2. The minimum atomic E-state index is -0.403. The number of fused-ring (bicyclic) bond motifs is 2. The third-order valence-electron chi connectivity index (χ3n) is 4.43. The Morgan fingerprint density at radius 2 is 2.19 bits per heavy atom. The number of anilines is 1. The van der Waals surface area contributed by atoms with E-state index >= 15 is 0 Å². The van der Waals surface area contributed by atoms with Gasteiger partial charge in [-0.15, -0.1) is 0 Å². The molecule has 0 aliphatic heterocycles. The largest absolute Gasteiger partial charge is 0.462 e. The van der Waals surface area contributed by atoms with Gasteiger partial charge in [-0.05, 0) is 38.5 Å². The lowest BCUT2D eigenvalue weighted by Gasteiger charge is -2.17. The fourth-order valence-electron chi connectivity index (χ4n) is 3.40. The number of hydrogen-bond acceptors (Lipinski definition) is 3. The van der Waals surface area contributed by atoms with E-state index in [1.165, 1.54) is 0 Å². The second-order valence-electron chi connectivity index (χ2n) is 5.80. The highest BCUT2D eigenvalue weighted by Gasteiger charge is 2.40. The number of H-pyrrole nitrogens is 1. The average Bonchev–Trinajstić information content (AvgIpc) is 3.14. The summed E-state index contributed by atoms with van der Waals surface area (Å²) in [6.45, 7) is 3.87. The van der Waals surface area contributed by atoms with Crippen LogP contribution < -0.4 is 5.32 Å². The molecule has 5 heteroatoms. The molecule has 0 spiro atoms. The summed E-state index contributed by atoms with van der Waals surface area (Å²) >= 11 is 0. The van der Waals surface area contributed by atoms with Crippen LogP contribution in [0.1, 0.15) is 35.8 Å². The zero-order valence-electron chi connectivity index (χ0n) is 12.3. The maximum absolute atomic E-state index is 12.4. The molecular formula is C16H20N2O3. The predicted molar refractivity (Wildman–Crippen MR) is 79.0 cm³/mol. The Kier molecular flexibility index (Phi) is 3.57. The first kappa shape index (κ1) is 13.9. The smallest absolute Gasteiger partial charge is 0.342 e. The maximum atomic E-state index is 12.4. The number of nitrogens with one attached hydrogen (secondary N) is 2. The normalized spacial score (nSPS) is 26.1. The lowest BCUT2D eigenvalue weighted by Crippen LogP contribution is -2.26. The molecule has 0 radical (unpaired) electrons. The molecule has 2 aliphatic rings. The molecule has 1 aromatic rings. The first-order valence-electron chi connectivity index (χ1n) is 7.44. The first-order valence-corrected chi connectivity index (χ1v) is 7.44. The van der Waals surface area contributed by atoms with Crippen molar-refractivity contribution in [3.63, 3.8) is 0 Å². The van der Waals surface area contributed by atoms with Crippen LogP contribution in [0.3, 0.4) is 0 Å². The van der Waals surface area contributed by atoms with Crippen molar-refractivity contribution in [2.45, 2.75) is 26.7 Å². The van der Waals surface area contributed by atoms with Gasteiger partial charge in [0.25, 0.3) is 0 Å². The molecule has 0 aromatic carbocycles. The van der Waals surface area contributed by atoms with E-state index in [0.717, 1.165) is 12.8 Å². The second kappa shape index (κ2) is 5.39. The van der Waals surface area contributed by atoms with Crippen LogP contribution in [0, 0.1) is 24.7 Å². The minimum Gasteiger partial charge on any atom is -0.462 e. The van der Waals surface area contributed by atoms with Gasteiger partial charge >= 0.3 is 5.97 Å². The van der Waals surface area contributed by atoms with Crippen LogP contribution in [-0.2, 0) is 9.53 Å². The summed E-state index contributed by atoms with van der Waals surface area (Å²) in [5.41, 5.74) is 1.64. The standard InChI is InChI=1S/C16H20N2O3/c1-3-21-16(20)14-9(2)17-8-13(14)18-15(19)12-7-10-4-5-11(12)6-10/h4-5,8,10-12,17H,3,6-7H2,1-2H3,(H,18,19). The van der Waals surface area contributed by atoms with Gasteiger partial charge in [0.05, 0.1) is 12.3 Å². The first-order chi connectivity index (χ1) is 10.1. The second-order valence-corrected chi connectivity index (χ2v) is 5.80. The number of carbonyl (C=O) groups excluding carboxylic acids is 2. The topological polar surface area (TPSA) is 71.2 Å². The predicted octanol–water partition coefficient (Wildman–Crippen LogP) is 2.65. The SMILES string of the molecule is CCOC(=O)c1c(NC(=O)C2CC3C=CC2C3)c[nH]c1C. The Morgan fingerprint density at radius 1 is 1.38 bits per heavy atom. The van der Waals surface area contributed by atoms with Crippen LogP contribution in [0.25, 0.3) is 0 Å². The maximum Gasteiger partial charge on any atom is 0.342 e. The summed E-state index contributed by atoms with van der Waals surface area (Å²) in [7, 11) is 0. The Balaban J connectivity index is 1.75. The molecule has 21 heavy (non-hydrogen) atoms. The average molecular weight is 288 g/mol. The van der Waals surface area contributed by atoms with E-state index in [0.29, 0.717) is 35.4 Å². The monoisotopic (exact) mass is 288 g/mol. The minimum absolute atomic E-state index is 0.00333. The van der Waals surface area contributed by atoms with Gasteiger partial charge < -0.3 is 15.0 Å². The Labute approximate surface area is 123 Å². The molecule has 0 saturated heterocycles. The van der Waals surface area contributed by atoms with Crippen molar-refractivity contribution >= 4 is 17.6 Å². The van der Waals surface area contributed by atoms with Crippen LogP contribution in [0.2, 0.25) is 0 Å². The molecule has 1 amide bonds. The zero-order valence-corrected chi connectivity index (χ0v) is 12.3. The molecule has 1 heterocycles. The van der Waals surface area contributed by atoms with Gasteiger partial charge in [0.1, 0.15) is 5.56 Å². The summed E-state index contributed by atoms with van der Waals surface area (Å²) in [5.74, 6) is 0.505. The van der Waals surface area contributed by atoms with Gasteiger partial charge in [-0.2, -0.15) is 0 Å².